The van der Waals surface area contributed by atoms with Crippen LogP contribution in [0, 0.1) is 6.92 Å². The number of likely N-dealkylation sites (N-methyl/N-ethyl adjacent to an activating group) is 1. The second kappa shape index (κ2) is 5.76. The van der Waals surface area contributed by atoms with Crippen molar-refractivity contribution in [3.05, 3.63) is 39.3 Å². The van der Waals surface area contributed by atoms with Gasteiger partial charge in [0.2, 0.25) is 0 Å². The molecule has 0 spiro atoms. The Hall–Kier alpha value is -0.710. The predicted octanol–water partition coefficient (Wildman–Crippen LogP) is 3.64. The van der Waals surface area contributed by atoms with Gasteiger partial charge in [-0.3, -0.25) is 0 Å². The Labute approximate surface area is 114 Å². The summed E-state index contributed by atoms with van der Waals surface area (Å²) >= 11 is 5.29. The lowest BCUT2D eigenvalue weighted by Gasteiger charge is -1.97. The van der Waals surface area contributed by atoms with E-state index in [2.05, 4.69) is 57.4 Å². The van der Waals surface area contributed by atoms with E-state index in [1.807, 2.05) is 7.05 Å². The van der Waals surface area contributed by atoms with Crippen LogP contribution in [0.15, 0.2) is 28.1 Å². The fraction of sp³-hybridized carbons (Fsp3) is 0.308. The van der Waals surface area contributed by atoms with Crippen LogP contribution in [0.3, 0.4) is 0 Å². The molecule has 2 aromatic rings. The molecular weight excluding hydrogens is 296 g/mol. The van der Waals surface area contributed by atoms with Crippen molar-refractivity contribution in [3.8, 4) is 10.6 Å². The number of hydrogen-bond acceptors (Lipinski definition) is 3. The third-order valence-corrected chi connectivity index (χ3v) is 4.44. The Morgan fingerprint density at radius 1 is 1.29 bits per heavy atom. The van der Waals surface area contributed by atoms with Crippen LogP contribution in [0.2, 0.25) is 0 Å². The molecule has 0 saturated heterocycles. The number of nitrogens with zero attached hydrogens (tertiary/aromatic N) is 1. The van der Waals surface area contributed by atoms with Gasteiger partial charge < -0.3 is 5.32 Å². The Kier molecular flexibility index (Phi) is 4.31. The highest BCUT2D eigenvalue weighted by molar-refractivity contribution is 9.11. The minimum atomic E-state index is 0.954. The maximum Gasteiger partial charge on any atom is 0.124 e. The molecule has 0 aliphatic heterocycles. The van der Waals surface area contributed by atoms with Gasteiger partial charge in [0.15, 0.2) is 0 Å². The largest absolute Gasteiger partial charge is 0.319 e. The van der Waals surface area contributed by atoms with Gasteiger partial charge in [-0.25, -0.2) is 4.98 Å². The van der Waals surface area contributed by atoms with Crippen LogP contribution in [0.4, 0.5) is 0 Å². The van der Waals surface area contributed by atoms with Gasteiger partial charge in [0.1, 0.15) is 5.01 Å². The predicted molar refractivity (Wildman–Crippen MR) is 77.6 cm³/mol. The van der Waals surface area contributed by atoms with Crippen molar-refractivity contribution in [1.29, 1.82) is 0 Å². The topological polar surface area (TPSA) is 24.9 Å². The van der Waals surface area contributed by atoms with Gasteiger partial charge in [-0.05, 0) is 29.9 Å². The molecule has 1 aromatic carbocycles. The summed E-state index contributed by atoms with van der Waals surface area (Å²) in [7, 11) is 1.96. The zero-order valence-corrected chi connectivity index (χ0v) is 12.4. The maximum atomic E-state index is 4.68. The van der Waals surface area contributed by atoms with Crippen LogP contribution < -0.4 is 5.32 Å². The molecule has 2 rings (SSSR count). The zero-order valence-electron chi connectivity index (χ0n) is 9.96. The summed E-state index contributed by atoms with van der Waals surface area (Å²) in [5.41, 5.74) is 3.61. The van der Waals surface area contributed by atoms with Gasteiger partial charge in [0, 0.05) is 18.5 Å². The molecule has 0 saturated carbocycles. The van der Waals surface area contributed by atoms with Crippen molar-refractivity contribution in [2.24, 2.45) is 0 Å². The lowest BCUT2D eigenvalue weighted by atomic mass is 10.2. The lowest BCUT2D eigenvalue weighted by Crippen LogP contribution is -2.10. The molecule has 1 aromatic heterocycles. The maximum absolute atomic E-state index is 4.68. The second-order valence-corrected chi connectivity index (χ2v) is 6.28. The average molecular weight is 311 g/mol. The fourth-order valence-corrected chi connectivity index (χ4v) is 3.14. The Morgan fingerprint density at radius 2 is 2.00 bits per heavy atom. The van der Waals surface area contributed by atoms with Crippen LogP contribution in [-0.2, 0) is 6.42 Å². The molecule has 0 unspecified atom stereocenters. The van der Waals surface area contributed by atoms with E-state index in [0.29, 0.717) is 0 Å². The van der Waals surface area contributed by atoms with E-state index in [0.717, 1.165) is 27.5 Å². The quantitative estimate of drug-likeness (QED) is 0.932. The fourth-order valence-electron chi connectivity index (χ4n) is 1.55. The first-order valence-electron chi connectivity index (χ1n) is 5.57. The van der Waals surface area contributed by atoms with Crippen molar-refractivity contribution >= 4 is 27.3 Å². The minimum Gasteiger partial charge on any atom is -0.319 e. The monoisotopic (exact) mass is 310 g/mol. The summed E-state index contributed by atoms with van der Waals surface area (Å²) in [6.07, 6.45) is 0.958. The Bertz CT molecular complexity index is 491. The van der Waals surface area contributed by atoms with Crippen LogP contribution >= 0.6 is 27.3 Å². The molecule has 0 fully saturated rings. The molecule has 2 nitrogen and oxygen atoms in total. The number of halogens is 1. The third-order valence-electron chi connectivity index (χ3n) is 2.56. The number of nitrogens with one attached hydrogen (secondary N) is 1. The summed E-state index contributed by atoms with van der Waals surface area (Å²) in [4.78, 5) is 4.68. The summed E-state index contributed by atoms with van der Waals surface area (Å²) in [5.74, 6) is 0. The highest BCUT2D eigenvalue weighted by Gasteiger charge is 2.09. The van der Waals surface area contributed by atoms with Crippen molar-refractivity contribution in [2.75, 3.05) is 13.6 Å². The van der Waals surface area contributed by atoms with Crippen LogP contribution in [-0.4, -0.2) is 18.6 Å². The molecule has 0 aliphatic rings. The normalized spacial score (nSPS) is 10.8. The summed E-state index contributed by atoms with van der Waals surface area (Å²) in [6, 6.07) is 8.50. The Balaban J connectivity index is 2.24. The number of benzene rings is 1. The average Bonchev–Trinajstić information content (AvgIpc) is 2.69. The number of thiazole rings is 1. The molecule has 0 bridgehead atoms. The molecule has 90 valence electrons. The van der Waals surface area contributed by atoms with Crippen molar-refractivity contribution in [1.82, 2.24) is 10.3 Å². The van der Waals surface area contributed by atoms with Crippen LogP contribution in [0.5, 0.6) is 0 Å². The molecule has 1 heterocycles. The molecule has 0 amide bonds. The number of aryl methyl sites for hydroxylation is 1. The first kappa shape index (κ1) is 12.7. The molecule has 0 aliphatic carbocycles. The molecule has 0 atom stereocenters. The molecule has 0 radical (unpaired) electrons. The van der Waals surface area contributed by atoms with Crippen LogP contribution in [0.25, 0.3) is 10.6 Å². The highest BCUT2D eigenvalue weighted by atomic mass is 79.9. The minimum absolute atomic E-state index is 0.954. The Morgan fingerprint density at radius 3 is 2.65 bits per heavy atom. The van der Waals surface area contributed by atoms with E-state index >= 15 is 0 Å². The summed E-state index contributed by atoms with van der Waals surface area (Å²) in [5, 5.41) is 4.23. The lowest BCUT2D eigenvalue weighted by molar-refractivity contribution is 0.779. The standard InChI is InChI=1S/C13H15BrN2S/c1-9-3-5-10(6-4-9)13-16-11(7-8-15-2)12(14)17-13/h3-6,15H,7-8H2,1-2H3. The second-order valence-electron chi connectivity index (χ2n) is 3.96. The zero-order chi connectivity index (χ0) is 12.3. The van der Waals surface area contributed by atoms with Gasteiger partial charge in [-0.1, -0.05) is 29.8 Å². The highest BCUT2D eigenvalue weighted by Crippen LogP contribution is 2.32. The van der Waals surface area contributed by atoms with Gasteiger partial charge in [0.25, 0.3) is 0 Å². The van der Waals surface area contributed by atoms with E-state index in [4.69, 9.17) is 0 Å². The first-order valence-corrected chi connectivity index (χ1v) is 7.18. The van der Waals surface area contributed by atoms with Crippen LogP contribution in [0.1, 0.15) is 11.3 Å². The summed E-state index contributed by atoms with van der Waals surface area (Å²) < 4.78 is 1.14. The number of hydrogen-bond donors (Lipinski definition) is 1. The van der Waals surface area contributed by atoms with E-state index < -0.39 is 0 Å². The summed E-state index contributed by atoms with van der Waals surface area (Å²) in [6.45, 7) is 3.05. The van der Waals surface area contributed by atoms with E-state index in [1.54, 1.807) is 11.3 Å². The van der Waals surface area contributed by atoms with E-state index in [-0.39, 0.29) is 0 Å². The van der Waals surface area contributed by atoms with Crippen molar-refractivity contribution in [2.45, 2.75) is 13.3 Å². The first-order chi connectivity index (χ1) is 8.20. The van der Waals surface area contributed by atoms with E-state index in [1.165, 1.54) is 11.1 Å². The molecule has 4 heteroatoms. The van der Waals surface area contributed by atoms with Crippen molar-refractivity contribution < 1.29 is 0 Å². The van der Waals surface area contributed by atoms with Gasteiger partial charge in [-0.2, -0.15) is 0 Å². The third kappa shape index (κ3) is 3.15. The van der Waals surface area contributed by atoms with Gasteiger partial charge in [0.05, 0.1) is 9.48 Å². The molecule has 17 heavy (non-hydrogen) atoms. The SMILES string of the molecule is CNCCc1nc(-c2ccc(C)cc2)sc1Br. The number of rotatable bonds is 4. The van der Waals surface area contributed by atoms with Gasteiger partial charge in [-0.15, -0.1) is 11.3 Å². The molecular formula is C13H15BrN2S. The number of aromatic nitrogens is 1. The van der Waals surface area contributed by atoms with Gasteiger partial charge >= 0.3 is 0 Å². The van der Waals surface area contributed by atoms with E-state index in [9.17, 15) is 0 Å². The smallest absolute Gasteiger partial charge is 0.124 e. The molecule has 1 N–H and O–H groups in total. The van der Waals surface area contributed by atoms with Crippen molar-refractivity contribution in [3.63, 3.8) is 0 Å².